The van der Waals surface area contributed by atoms with Crippen LogP contribution in [0.25, 0.3) is 0 Å². The Bertz CT molecular complexity index is 141. The lowest BCUT2D eigenvalue weighted by Gasteiger charge is -2.29. The van der Waals surface area contributed by atoms with Crippen LogP contribution < -0.4 is 0 Å². The van der Waals surface area contributed by atoms with E-state index in [4.69, 9.17) is 0 Å². The monoisotopic (exact) mass is 226 g/mol. The summed E-state index contributed by atoms with van der Waals surface area (Å²) in [5.74, 6) is 0.920. The highest BCUT2D eigenvalue weighted by atomic mass is 14.3. The van der Waals surface area contributed by atoms with Crippen molar-refractivity contribution < 1.29 is 0 Å². The highest BCUT2D eigenvalue weighted by molar-refractivity contribution is 4.72. The lowest BCUT2D eigenvalue weighted by Crippen LogP contribution is -2.19. The zero-order valence-corrected chi connectivity index (χ0v) is 12.4. The smallest absolute Gasteiger partial charge is 0.0354 e. The van der Waals surface area contributed by atoms with E-state index >= 15 is 0 Å². The molecule has 0 heterocycles. The Kier molecular flexibility index (Phi) is 9.07. The molecule has 0 N–H and O–H groups in total. The lowest BCUT2D eigenvalue weighted by molar-refractivity contribution is 0.213. The van der Waals surface area contributed by atoms with Crippen LogP contribution in [0.15, 0.2) is 0 Å². The van der Waals surface area contributed by atoms with Crippen molar-refractivity contribution in [2.75, 3.05) is 0 Å². The van der Waals surface area contributed by atoms with Gasteiger partial charge in [-0.25, -0.2) is 0 Å². The number of hydrogen-bond acceptors (Lipinski definition) is 0. The van der Waals surface area contributed by atoms with E-state index in [1.165, 1.54) is 57.8 Å². The fraction of sp³-hybridized carbons (Fsp3) is 1.00. The maximum Gasteiger partial charge on any atom is -0.0354 e. The number of rotatable bonds is 9. The van der Waals surface area contributed by atoms with Gasteiger partial charge >= 0.3 is 0 Å². The summed E-state index contributed by atoms with van der Waals surface area (Å²) in [6, 6.07) is 0. The summed E-state index contributed by atoms with van der Waals surface area (Å²) in [4.78, 5) is 0. The van der Waals surface area contributed by atoms with Gasteiger partial charge in [0.25, 0.3) is 0 Å². The largest absolute Gasteiger partial charge is 0.0654 e. The molecule has 0 bridgehead atoms. The average molecular weight is 226 g/mol. The first-order chi connectivity index (χ1) is 7.52. The van der Waals surface area contributed by atoms with Crippen molar-refractivity contribution in [1.82, 2.24) is 0 Å². The molecule has 0 aromatic rings. The van der Waals surface area contributed by atoms with Crippen molar-refractivity contribution in [2.45, 2.75) is 92.4 Å². The summed E-state index contributed by atoms with van der Waals surface area (Å²) in [5, 5.41) is 0. The van der Waals surface area contributed by atoms with Gasteiger partial charge in [-0.3, -0.25) is 0 Å². The molecular weight excluding hydrogens is 192 g/mol. The van der Waals surface area contributed by atoms with E-state index in [1.54, 1.807) is 0 Å². The van der Waals surface area contributed by atoms with Gasteiger partial charge in [-0.2, -0.15) is 0 Å². The molecule has 0 saturated heterocycles. The molecule has 0 rings (SSSR count). The second-order valence-corrected chi connectivity index (χ2v) is 6.38. The lowest BCUT2D eigenvalue weighted by atomic mass is 9.76. The molecule has 1 unspecified atom stereocenters. The Morgan fingerprint density at radius 3 is 1.69 bits per heavy atom. The van der Waals surface area contributed by atoms with E-state index in [0.717, 1.165) is 5.92 Å². The van der Waals surface area contributed by atoms with Gasteiger partial charge in [0.05, 0.1) is 0 Å². The van der Waals surface area contributed by atoms with Gasteiger partial charge in [0.15, 0.2) is 0 Å². The quantitative estimate of drug-likeness (QED) is 0.411. The van der Waals surface area contributed by atoms with Gasteiger partial charge < -0.3 is 0 Å². The van der Waals surface area contributed by atoms with Crippen molar-refractivity contribution in [1.29, 1.82) is 0 Å². The summed E-state index contributed by atoms with van der Waals surface area (Å²) in [7, 11) is 0. The fourth-order valence-electron chi connectivity index (χ4n) is 2.60. The Morgan fingerprint density at radius 1 is 0.750 bits per heavy atom. The molecule has 0 saturated carbocycles. The molecule has 0 nitrogen and oxygen atoms in total. The van der Waals surface area contributed by atoms with Crippen molar-refractivity contribution in [2.24, 2.45) is 11.3 Å². The van der Waals surface area contributed by atoms with Gasteiger partial charge in [-0.05, 0) is 17.8 Å². The van der Waals surface area contributed by atoms with Gasteiger partial charge in [-0.1, -0.05) is 86.0 Å². The molecule has 0 spiro atoms. The second-order valence-electron chi connectivity index (χ2n) is 6.38. The molecule has 16 heavy (non-hydrogen) atoms. The first-order valence-corrected chi connectivity index (χ1v) is 7.52. The Morgan fingerprint density at radius 2 is 1.25 bits per heavy atom. The van der Waals surface area contributed by atoms with E-state index in [0.29, 0.717) is 5.41 Å². The third-order valence-corrected chi connectivity index (χ3v) is 3.87. The first kappa shape index (κ1) is 16.0. The normalized spacial score (nSPS) is 14.1. The van der Waals surface area contributed by atoms with E-state index < -0.39 is 0 Å². The van der Waals surface area contributed by atoms with Gasteiger partial charge in [0.2, 0.25) is 0 Å². The van der Waals surface area contributed by atoms with E-state index in [1.807, 2.05) is 0 Å². The third-order valence-electron chi connectivity index (χ3n) is 3.87. The molecule has 0 radical (unpaired) electrons. The van der Waals surface area contributed by atoms with Crippen LogP contribution in [0.1, 0.15) is 92.4 Å². The zero-order chi connectivity index (χ0) is 12.4. The van der Waals surface area contributed by atoms with Crippen molar-refractivity contribution in [3.05, 3.63) is 0 Å². The van der Waals surface area contributed by atoms with Crippen LogP contribution in [0.4, 0.5) is 0 Å². The summed E-state index contributed by atoms with van der Waals surface area (Å²) >= 11 is 0. The highest BCUT2D eigenvalue weighted by Gasteiger charge is 2.21. The minimum atomic E-state index is 0.511. The predicted molar refractivity (Wildman–Crippen MR) is 75.8 cm³/mol. The number of unbranched alkanes of at least 4 members (excludes halogenated alkanes) is 6. The molecule has 0 aromatic carbocycles. The van der Waals surface area contributed by atoms with Crippen molar-refractivity contribution in [3.63, 3.8) is 0 Å². The van der Waals surface area contributed by atoms with Gasteiger partial charge in [0.1, 0.15) is 0 Å². The molecule has 0 aliphatic heterocycles. The minimum Gasteiger partial charge on any atom is -0.0654 e. The standard InChI is InChI=1S/C16H34/c1-6-8-9-10-11-12-13-14-15(7-2)16(3,4)5/h15H,6-14H2,1-5H3. The van der Waals surface area contributed by atoms with Crippen LogP contribution in [0, 0.1) is 11.3 Å². The molecule has 0 aliphatic rings. The van der Waals surface area contributed by atoms with Gasteiger partial charge in [0, 0.05) is 0 Å². The molecule has 1 atom stereocenters. The SMILES string of the molecule is CCCCCCCCCC(CC)C(C)(C)C. The average Bonchev–Trinajstić information content (AvgIpc) is 2.20. The fourth-order valence-corrected chi connectivity index (χ4v) is 2.60. The summed E-state index contributed by atoms with van der Waals surface area (Å²) < 4.78 is 0. The topological polar surface area (TPSA) is 0 Å². The summed E-state index contributed by atoms with van der Waals surface area (Å²) in [6.45, 7) is 11.8. The van der Waals surface area contributed by atoms with Crippen molar-refractivity contribution >= 4 is 0 Å². The minimum absolute atomic E-state index is 0.511. The Labute approximate surface area is 104 Å². The first-order valence-electron chi connectivity index (χ1n) is 7.52. The molecule has 98 valence electrons. The number of hydrogen-bond donors (Lipinski definition) is 0. The zero-order valence-electron chi connectivity index (χ0n) is 12.4. The van der Waals surface area contributed by atoms with E-state index in [2.05, 4.69) is 34.6 Å². The van der Waals surface area contributed by atoms with Crippen LogP contribution in [0.3, 0.4) is 0 Å². The summed E-state index contributed by atoms with van der Waals surface area (Å²) in [5.41, 5.74) is 0.511. The molecule has 0 aromatic heterocycles. The second kappa shape index (κ2) is 9.07. The maximum atomic E-state index is 2.39. The van der Waals surface area contributed by atoms with Crippen LogP contribution in [0.5, 0.6) is 0 Å². The van der Waals surface area contributed by atoms with Crippen LogP contribution in [-0.4, -0.2) is 0 Å². The third kappa shape index (κ3) is 8.19. The molecular formula is C16H34. The van der Waals surface area contributed by atoms with Gasteiger partial charge in [-0.15, -0.1) is 0 Å². The molecule has 0 aliphatic carbocycles. The van der Waals surface area contributed by atoms with E-state index in [-0.39, 0.29) is 0 Å². The Hall–Kier alpha value is 0. The van der Waals surface area contributed by atoms with Crippen molar-refractivity contribution in [3.8, 4) is 0 Å². The van der Waals surface area contributed by atoms with Crippen LogP contribution in [0.2, 0.25) is 0 Å². The predicted octanol–water partition coefficient (Wildman–Crippen LogP) is 6.20. The maximum absolute atomic E-state index is 2.39. The van der Waals surface area contributed by atoms with Crippen LogP contribution in [-0.2, 0) is 0 Å². The highest BCUT2D eigenvalue weighted by Crippen LogP contribution is 2.32. The summed E-state index contributed by atoms with van der Waals surface area (Å²) in [6.07, 6.45) is 12.8. The Balaban J connectivity index is 3.42. The van der Waals surface area contributed by atoms with Crippen LogP contribution >= 0.6 is 0 Å². The molecule has 0 amide bonds. The molecule has 0 fully saturated rings. The molecule has 0 heteroatoms. The van der Waals surface area contributed by atoms with E-state index in [9.17, 15) is 0 Å².